The first-order valence-electron chi connectivity index (χ1n) is 8.64. The normalized spacial score (nSPS) is 9.89. The lowest BCUT2D eigenvalue weighted by atomic mass is 10.2. The Kier molecular flexibility index (Phi) is 8.11. The van der Waals surface area contributed by atoms with E-state index >= 15 is 0 Å². The molecule has 4 nitrogen and oxygen atoms in total. The highest BCUT2D eigenvalue weighted by Crippen LogP contribution is 2.17. The van der Waals surface area contributed by atoms with Crippen LogP contribution in [0.3, 0.4) is 0 Å². The third kappa shape index (κ3) is 6.98. The Morgan fingerprint density at radius 3 is 2.56 bits per heavy atom. The van der Waals surface area contributed by atoms with Gasteiger partial charge in [0.2, 0.25) is 0 Å². The van der Waals surface area contributed by atoms with Gasteiger partial charge in [0.25, 0.3) is 5.91 Å². The van der Waals surface area contributed by atoms with E-state index in [-0.39, 0.29) is 24.8 Å². The van der Waals surface area contributed by atoms with Gasteiger partial charge in [-0.25, -0.2) is 8.78 Å². The van der Waals surface area contributed by atoms with E-state index in [4.69, 9.17) is 9.47 Å². The molecule has 0 fully saturated rings. The number of hydrogen-bond donors (Lipinski definition) is 1. The Morgan fingerprint density at radius 2 is 1.85 bits per heavy atom. The Labute approximate surface area is 157 Å². The van der Waals surface area contributed by atoms with Crippen molar-refractivity contribution in [2.24, 2.45) is 0 Å². The maximum absolute atomic E-state index is 13.4. The molecule has 0 bridgehead atoms. The second-order valence-electron chi connectivity index (χ2n) is 5.63. The number of benzene rings is 2. The Balaban J connectivity index is 1.72. The average molecular weight is 373 g/mol. The van der Waals surface area contributed by atoms with Gasteiger partial charge < -0.3 is 14.8 Å². The fraction of sp³-hybridized carbons (Fsp3) is 0.286. The fourth-order valence-corrected chi connectivity index (χ4v) is 2.08. The summed E-state index contributed by atoms with van der Waals surface area (Å²) in [6.45, 7) is 2.81. The Bertz CT molecular complexity index is 810. The number of hydrogen-bond acceptors (Lipinski definition) is 3. The van der Waals surface area contributed by atoms with Crippen LogP contribution in [0.15, 0.2) is 42.5 Å². The topological polar surface area (TPSA) is 47.6 Å². The summed E-state index contributed by atoms with van der Waals surface area (Å²) in [5.41, 5.74) is 0.504. The van der Waals surface area contributed by atoms with E-state index in [9.17, 15) is 13.6 Å². The van der Waals surface area contributed by atoms with E-state index in [0.29, 0.717) is 12.2 Å². The monoisotopic (exact) mass is 373 g/mol. The van der Waals surface area contributed by atoms with Gasteiger partial charge in [-0.3, -0.25) is 4.79 Å². The summed E-state index contributed by atoms with van der Waals surface area (Å²) in [7, 11) is 0. The molecule has 2 aromatic carbocycles. The molecule has 142 valence electrons. The Morgan fingerprint density at radius 1 is 1.07 bits per heavy atom. The smallest absolute Gasteiger partial charge is 0.252 e. The third-order valence-corrected chi connectivity index (χ3v) is 3.54. The third-order valence-electron chi connectivity index (χ3n) is 3.54. The zero-order valence-corrected chi connectivity index (χ0v) is 15.1. The quantitative estimate of drug-likeness (QED) is 0.563. The molecular weight excluding hydrogens is 352 g/mol. The minimum absolute atomic E-state index is 0.0672. The molecule has 0 saturated heterocycles. The van der Waals surface area contributed by atoms with Crippen molar-refractivity contribution >= 4 is 5.91 Å². The van der Waals surface area contributed by atoms with E-state index < -0.39 is 11.6 Å². The van der Waals surface area contributed by atoms with Crippen LogP contribution in [-0.4, -0.2) is 25.7 Å². The van der Waals surface area contributed by atoms with E-state index in [1.165, 1.54) is 6.07 Å². The highest BCUT2D eigenvalue weighted by atomic mass is 19.1. The van der Waals surface area contributed by atoms with Crippen molar-refractivity contribution in [2.45, 2.75) is 19.8 Å². The van der Waals surface area contributed by atoms with Crippen molar-refractivity contribution in [1.29, 1.82) is 0 Å². The number of rotatable bonds is 8. The summed E-state index contributed by atoms with van der Waals surface area (Å²) >= 11 is 0. The molecular formula is C21H21F2NO3. The van der Waals surface area contributed by atoms with Crippen LogP contribution < -0.4 is 14.8 Å². The van der Waals surface area contributed by atoms with Gasteiger partial charge in [0.1, 0.15) is 18.2 Å². The van der Waals surface area contributed by atoms with Crippen LogP contribution in [0.5, 0.6) is 11.5 Å². The zero-order valence-electron chi connectivity index (χ0n) is 15.1. The summed E-state index contributed by atoms with van der Waals surface area (Å²) in [6.07, 6.45) is 2.05. The van der Waals surface area contributed by atoms with Gasteiger partial charge in [-0.2, -0.15) is 0 Å². The number of nitrogens with one attached hydrogen (secondary N) is 1. The number of carbonyl (C=O) groups is 1. The summed E-state index contributed by atoms with van der Waals surface area (Å²) in [5.74, 6) is 4.30. The van der Waals surface area contributed by atoms with Gasteiger partial charge in [0.05, 0.1) is 13.2 Å². The second kappa shape index (κ2) is 10.8. The molecule has 1 N–H and O–H groups in total. The van der Waals surface area contributed by atoms with Crippen LogP contribution in [0.4, 0.5) is 8.78 Å². The highest BCUT2D eigenvalue weighted by Gasteiger charge is 2.05. The first kappa shape index (κ1) is 20.2. The Hall–Kier alpha value is -3.07. The molecule has 2 rings (SSSR count). The summed E-state index contributed by atoms with van der Waals surface area (Å²) in [4.78, 5) is 12.0. The minimum atomic E-state index is -0.785. The van der Waals surface area contributed by atoms with Crippen LogP contribution in [0.1, 0.15) is 30.1 Å². The highest BCUT2D eigenvalue weighted by molar-refractivity contribution is 5.94. The summed E-state index contributed by atoms with van der Waals surface area (Å²) in [5, 5.41) is 2.66. The number of carbonyl (C=O) groups excluding carboxylic acids is 1. The molecule has 0 spiro atoms. The van der Waals surface area contributed by atoms with Crippen molar-refractivity contribution in [3.8, 4) is 23.3 Å². The van der Waals surface area contributed by atoms with Gasteiger partial charge in [0.15, 0.2) is 11.6 Å². The molecule has 0 aliphatic rings. The van der Waals surface area contributed by atoms with Crippen molar-refractivity contribution in [1.82, 2.24) is 5.32 Å². The van der Waals surface area contributed by atoms with Crippen molar-refractivity contribution in [2.75, 3.05) is 19.8 Å². The van der Waals surface area contributed by atoms with Crippen LogP contribution in [0, 0.1) is 23.5 Å². The maximum Gasteiger partial charge on any atom is 0.252 e. The minimum Gasteiger partial charge on any atom is -0.494 e. The van der Waals surface area contributed by atoms with Gasteiger partial charge in [-0.15, -0.1) is 0 Å². The van der Waals surface area contributed by atoms with E-state index in [1.807, 2.05) is 0 Å². The van der Waals surface area contributed by atoms with Gasteiger partial charge in [-0.05, 0) is 42.8 Å². The fourth-order valence-electron chi connectivity index (χ4n) is 2.08. The first-order valence-corrected chi connectivity index (χ1v) is 8.64. The van der Waals surface area contributed by atoms with Crippen molar-refractivity contribution in [3.63, 3.8) is 0 Å². The lowest BCUT2D eigenvalue weighted by molar-refractivity contribution is 0.0958. The second-order valence-corrected chi connectivity index (χ2v) is 5.63. The van der Waals surface area contributed by atoms with E-state index in [2.05, 4.69) is 24.1 Å². The van der Waals surface area contributed by atoms with Crippen molar-refractivity contribution < 1.29 is 23.0 Å². The molecule has 0 aliphatic carbocycles. The van der Waals surface area contributed by atoms with Gasteiger partial charge in [0, 0.05) is 11.6 Å². The van der Waals surface area contributed by atoms with Crippen LogP contribution >= 0.6 is 0 Å². The predicted molar refractivity (Wildman–Crippen MR) is 98.8 cm³/mol. The molecule has 0 heterocycles. The largest absolute Gasteiger partial charge is 0.494 e. The molecule has 0 radical (unpaired) electrons. The van der Waals surface area contributed by atoms with Crippen LogP contribution in [-0.2, 0) is 0 Å². The van der Waals surface area contributed by atoms with Gasteiger partial charge >= 0.3 is 0 Å². The standard InChI is InChI=1S/C21H21F2NO3/c1-2-3-13-26-18-9-6-16(7-10-18)21(25)24-12-4-5-14-27-20-11-8-17(22)15-19(20)23/h6-11,15H,2-3,12-14H2,1H3,(H,24,25). The van der Waals surface area contributed by atoms with Crippen LogP contribution in [0.2, 0.25) is 0 Å². The molecule has 0 saturated carbocycles. The molecule has 6 heteroatoms. The number of amides is 1. The molecule has 1 amide bonds. The molecule has 27 heavy (non-hydrogen) atoms. The molecule has 0 aromatic heterocycles. The lowest BCUT2D eigenvalue weighted by Gasteiger charge is -2.06. The van der Waals surface area contributed by atoms with Crippen molar-refractivity contribution in [3.05, 3.63) is 59.7 Å². The summed E-state index contributed by atoms with van der Waals surface area (Å²) in [6, 6.07) is 9.91. The molecule has 0 unspecified atom stereocenters. The molecule has 0 aliphatic heterocycles. The summed E-state index contributed by atoms with van der Waals surface area (Å²) < 4.78 is 36.8. The number of unbranched alkanes of at least 4 members (excludes halogenated alkanes) is 1. The maximum atomic E-state index is 13.4. The van der Waals surface area contributed by atoms with Gasteiger partial charge in [-0.1, -0.05) is 25.2 Å². The SMILES string of the molecule is CCCCOc1ccc(C(=O)NCC#CCOc2ccc(F)cc2F)cc1. The molecule has 2 aromatic rings. The number of ether oxygens (including phenoxy) is 2. The molecule has 0 atom stereocenters. The predicted octanol–water partition coefficient (Wildman–Crippen LogP) is 3.96. The first-order chi connectivity index (χ1) is 13.1. The van der Waals surface area contributed by atoms with E-state index in [1.54, 1.807) is 24.3 Å². The average Bonchev–Trinajstić information content (AvgIpc) is 2.66. The lowest BCUT2D eigenvalue weighted by Crippen LogP contribution is -2.23. The van der Waals surface area contributed by atoms with E-state index in [0.717, 1.165) is 30.7 Å². The van der Waals surface area contributed by atoms with Crippen LogP contribution in [0.25, 0.3) is 0 Å². The number of halogens is 2. The zero-order chi connectivity index (χ0) is 19.5.